The largest absolute Gasteiger partial charge is 0.480 e. The van der Waals surface area contributed by atoms with Gasteiger partial charge in [0.2, 0.25) is 0 Å². The van der Waals surface area contributed by atoms with Crippen LogP contribution in [-0.4, -0.2) is 30.8 Å². The number of hydrogen-bond donors (Lipinski definition) is 2. The van der Waals surface area contributed by atoms with Gasteiger partial charge in [-0.15, -0.1) is 11.8 Å². The van der Waals surface area contributed by atoms with Gasteiger partial charge in [0.25, 0.3) is 5.56 Å². The van der Waals surface area contributed by atoms with E-state index in [0.29, 0.717) is 18.2 Å². The Morgan fingerprint density at radius 2 is 1.89 bits per heavy atom. The molecule has 0 saturated heterocycles. The van der Waals surface area contributed by atoms with Crippen molar-refractivity contribution in [3.05, 3.63) is 94.4 Å². The van der Waals surface area contributed by atoms with Gasteiger partial charge in [-0.2, -0.15) is 0 Å². The fourth-order valence-corrected chi connectivity index (χ4v) is 6.81. The van der Waals surface area contributed by atoms with E-state index in [1.54, 1.807) is 6.07 Å². The van der Waals surface area contributed by atoms with Crippen molar-refractivity contribution in [2.45, 2.75) is 36.4 Å². The summed E-state index contributed by atoms with van der Waals surface area (Å²) in [5.74, 6) is 0.540. The monoisotopic (exact) mass is 508 g/mol. The van der Waals surface area contributed by atoms with E-state index in [4.69, 9.17) is 4.98 Å². The second kappa shape index (κ2) is 8.52. The van der Waals surface area contributed by atoms with E-state index in [2.05, 4.69) is 35.6 Å². The summed E-state index contributed by atoms with van der Waals surface area (Å²) in [5.41, 5.74) is 4.27. The Labute approximate surface area is 216 Å². The van der Waals surface area contributed by atoms with Gasteiger partial charge < -0.3 is 10.4 Å². The van der Waals surface area contributed by atoms with Gasteiger partial charge in [-0.25, -0.2) is 9.78 Å². The Balaban J connectivity index is 1.39. The first-order valence-electron chi connectivity index (χ1n) is 12.4. The van der Waals surface area contributed by atoms with Gasteiger partial charge in [-0.1, -0.05) is 48.5 Å². The molecule has 4 heterocycles. The summed E-state index contributed by atoms with van der Waals surface area (Å²) < 4.78 is 3.50. The van der Waals surface area contributed by atoms with Crippen molar-refractivity contribution in [2.24, 2.45) is 0 Å². The van der Waals surface area contributed by atoms with Gasteiger partial charge >= 0.3 is 5.97 Å². The zero-order valence-electron chi connectivity index (χ0n) is 19.9. The zero-order valence-corrected chi connectivity index (χ0v) is 20.7. The van der Waals surface area contributed by atoms with Crippen LogP contribution in [0.2, 0.25) is 0 Å². The maximum atomic E-state index is 13.3. The third-order valence-corrected chi connectivity index (χ3v) is 8.49. The smallest absolute Gasteiger partial charge is 0.327 e. The fraction of sp³-hybridized carbons (Fsp3) is 0.207. The number of hydrogen-bond acceptors (Lipinski definition) is 5. The summed E-state index contributed by atoms with van der Waals surface area (Å²) in [6, 6.07) is 21.3. The van der Waals surface area contributed by atoms with Crippen LogP contribution in [0.3, 0.4) is 0 Å². The number of carboxylic acid groups (broad SMARTS) is 1. The quantitative estimate of drug-likeness (QED) is 0.313. The van der Waals surface area contributed by atoms with Gasteiger partial charge in [0.05, 0.1) is 5.03 Å². The van der Waals surface area contributed by atoms with Gasteiger partial charge in [-0.05, 0) is 52.8 Å². The number of nitrogens with zero attached hydrogens (tertiary/aromatic N) is 3. The van der Waals surface area contributed by atoms with Gasteiger partial charge in [0, 0.05) is 30.1 Å². The summed E-state index contributed by atoms with van der Waals surface area (Å²) in [7, 11) is 0. The van der Waals surface area contributed by atoms with Gasteiger partial charge in [-0.3, -0.25) is 13.8 Å². The molecule has 37 heavy (non-hydrogen) atoms. The lowest BCUT2D eigenvalue weighted by Crippen LogP contribution is -2.29. The standard InChI is InChI=1S/C29H24N4O3S/c34-24-14-21(25(18-11-12-18)28-33(24)22(16-37-28)29(35)36)26-27(32-13-4-3-10-23(32)31-26)30-15-19-8-5-7-17-6-1-2-9-20(17)19/h1-10,13-14,18,22,30H,11-12,15-16H2,(H,35,36). The minimum absolute atomic E-state index is 0.288. The molecule has 2 N–H and O–H groups in total. The van der Waals surface area contributed by atoms with E-state index in [1.807, 2.05) is 40.9 Å². The molecule has 0 radical (unpaired) electrons. The van der Waals surface area contributed by atoms with Gasteiger partial charge in [0.1, 0.15) is 23.2 Å². The Hall–Kier alpha value is -4.04. The fourth-order valence-electron chi connectivity index (χ4n) is 5.41. The van der Waals surface area contributed by atoms with Crippen LogP contribution in [-0.2, 0) is 11.3 Å². The highest BCUT2D eigenvalue weighted by molar-refractivity contribution is 7.99. The van der Waals surface area contributed by atoms with E-state index in [-0.39, 0.29) is 5.56 Å². The van der Waals surface area contributed by atoms with Crippen molar-refractivity contribution >= 4 is 40.0 Å². The molecule has 2 aromatic carbocycles. The number of anilines is 1. The first-order chi connectivity index (χ1) is 18.1. The van der Waals surface area contributed by atoms with Crippen molar-refractivity contribution in [3.8, 4) is 11.3 Å². The Bertz CT molecular complexity index is 1760. The van der Waals surface area contributed by atoms with Crippen molar-refractivity contribution in [3.63, 3.8) is 0 Å². The van der Waals surface area contributed by atoms with Crippen LogP contribution in [0.5, 0.6) is 0 Å². The number of imidazole rings is 1. The van der Waals surface area contributed by atoms with Crippen LogP contribution in [0, 0.1) is 0 Å². The molecule has 7 nitrogen and oxygen atoms in total. The molecule has 5 aromatic rings. The van der Waals surface area contributed by atoms with E-state index in [0.717, 1.165) is 46.2 Å². The molecule has 8 heteroatoms. The first-order valence-corrected chi connectivity index (χ1v) is 13.4. The van der Waals surface area contributed by atoms with E-state index >= 15 is 0 Å². The molecule has 1 atom stereocenters. The summed E-state index contributed by atoms with van der Waals surface area (Å²) in [6.07, 6.45) is 4.04. The first kappa shape index (κ1) is 22.2. The second-order valence-corrected chi connectivity index (χ2v) is 10.7. The van der Waals surface area contributed by atoms with Crippen molar-refractivity contribution in [1.82, 2.24) is 14.0 Å². The molecule has 1 aliphatic heterocycles. The number of fused-ring (bicyclic) bond motifs is 3. The highest BCUT2D eigenvalue weighted by Gasteiger charge is 2.38. The third-order valence-electron chi connectivity index (χ3n) is 7.32. The van der Waals surface area contributed by atoms with E-state index < -0.39 is 12.0 Å². The van der Waals surface area contributed by atoms with Crippen LogP contribution in [0.1, 0.15) is 35.9 Å². The molecular formula is C29H24N4O3S. The van der Waals surface area contributed by atoms with E-state index in [9.17, 15) is 14.7 Å². The highest BCUT2D eigenvalue weighted by Crippen LogP contribution is 2.51. The van der Waals surface area contributed by atoms with E-state index in [1.165, 1.54) is 32.7 Å². The Morgan fingerprint density at radius 3 is 2.73 bits per heavy atom. The number of carboxylic acids is 1. The maximum absolute atomic E-state index is 13.3. The topological polar surface area (TPSA) is 88.6 Å². The number of nitrogens with one attached hydrogen (secondary N) is 1. The minimum Gasteiger partial charge on any atom is -0.480 e. The normalized spacial score (nSPS) is 16.8. The number of pyridine rings is 2. The molecule has 184 valence electrons. The molecule has 1 aliphatic carbocycles. The number of aliphatic carboxylic acids is 1. The lowest BCUT2D eigenvalue weighted by atomic mass is 10.0. The van der Waals surface area contributed by atoms with Crippen LogP contribution < -0.4 is 10.9 Å². The highest BCUT2D eigenvalue weighted by atomic mass is 32.2. The van der Waals surface area contributed by atoms with Crippen molar-refractivity contribution in [1.29, 1.82) is 0 Å². The number of thioether (sulfide) groups is 1. The lowest BCUT2D eigenvalue weighted by Gasteiger charge is -2.17. The van der Waals surface area contributed by atoms with Crippen LogP contribution in [0.15, 0.2) is 82.7 Å². The van der Waals surface area contributed by atoms with Crippen LogP contribution in [0.4, 0.5) is 5.82 Å². The van der Waals surface area contributed by atoms with Gasteiger partial charge in [0.15, 0.2) is 0 Å². The molecule has 7 rings (SSSR count). The summed E-state index contributed by atoms with van der Waals surface area (Å²) in [4.78, 5) is 30.1. The third kappa shape index (κ3) is 3.62. The Morgan fingerprint density at radius 1 is 1.08 bits per heavy atom. The molecule has 1 unspecified atom stereocenters. The summed E-state index contributed by atoms with van der Waals surface area (Å²) >= 11 is 1.47. The van der Waals surface area contributed by atoms with Crippen molar-refractivity contribution in [2.75, 3.05) is 11.1 Å². The zero-order chi connectivity index (χ0) is 25.1. The molecule has 0 amide bonds. The average molecular weight is 509 g/mol. The minimum atomic E-state index is -0.965. The SMILES string of the molecule is O=C(O)C1CSc2c(C3CC3)c(-c3nc4ccccn4c3NCc3cccc4ccccc34)cc(=O)n21. The summed E-state index contributed by atoms with van der Waals surface area (Å²) in [6.45, 7) is 0.593. The number of aromatic nitrogens is 3. The molecule has 2 aliphatic rings. The molecule has 0 spiro atoms. The lowest BCUT2D eigenvalue weighted by molar-refractivity contribution is -0.140. The molecule has 1 saturated carbocycles. The summed E-state index contributed by atoms with van der Waals surface area (Å²) in [5, 5.41) is 16.5. The average Bonchev–Trinajstić information content (AvgIpc) is 3.53. The number of benzene rings is 2. The Kier molecular flexibility index (Phi) is 5.11. The molecular weight excluding hydrogens is 484 g/mol. The predicted molar refractivity (Wildman–Crippen MR) is 146 cm³/mol. The van der Waals surface area contributed by atoms with Crippen molar-refractivity contribution < 1.29 is 9.90 Å². The van der Waals surface area contributed by atoms with Crippen LogP contribution in [0.25, 0.3) is 27.7 Å². The predicted octanol–water partition coefficient (Wildman–Crippen LogP) is 5.54. The number of carbonyl (C=O) groups is 1. The maximum Gasteiger partial charge on any atom is 0.327 e. The second-order valence-electron chi connectivity index (χ2n) is 9.65. The molecule has 3 aromatic heterocycles. The van der Waals surface area contributed by atoms with Crippen LogP contribution >= 0.6 is 11.8 Å². The molecule has 0 bridgehead atoms. The number of rotatable bonds is 6. The molecule has 1 fully saturated rings.